The fraction of sp³-hybridized carbons (Fsp3) is 0.467. The molecule has 0 saturated heterocycles. The van der Waals surface area contributed by atoms with E-state index in [9.17, 15) is 9.59 Å². The molecule has 1 N–H and O–H groups in total. The number of hydrogen-bond donors (Lipinski definition) is 1. The van der Waals surface area contributed by atoms with Crippen LogP contribution in [0.5, 0.6) is 0 Å². The molecule has 1 aromatic carbocycles. The molecule has 0 spiro atoms. The van der Waals surface area contributed by atoms with Crippen LogP contribution in [-0.2, 0) is 21.0 Å². The van der Waals surface area contributed by atoms with Crippen LogP contribution in [0, 0.1) is 0 Å². The van der Waals surface area contributed by atoms with Gasteiger partial charge in [-0.3, -0.25) is 9.63 Å². The molecule has 1 aromatic rings. The maximum Gasteiger partial charge on any atom is 0.407 e. The molecule has 0 aliphatic heterocycles. The second-order valence-electron chi connectivity index (χ2n) is 5.66. The van der Waals surface area contributed by atoms with Crippen molar-refractivity contribution in [3.05, 3.63) is 35.9 Å². The van der Waals surface area contributed by atoms with Gasteiger partial charge in [0.15, 0.2) is 0 Å². The summed E-state index contributed by atoms with van der Waals surface area (Å²) in [6.45, 7) is 5.60. The van der Waals surface area contributed by atoms with Gasteiger partial charge in [0.2, 0.25) is 0 Å². The summed E-state index contributed by atoms with van der Waals surface area (Å²) >= 11 is 5.71. The smallest absolute Gasteiger partial charge is 0.407 e. The highest BCUT2D eigenvalue weighted by Crippen LogP contribution is 2.07. The Morgan fingerprint density at radius 3 is 2.45 bits per heavy atom. The van der Waals surface area contributed by atoms with Crippen molar-refractivity contribution in [3.63, 3.8) is 0 Å². The molecular formula is C15H21ClN2O4. The second-order valence-corrected chi connectivity index (χ2v) is 5.97. The molecule has 2 amide bonds. The van der Waals surface area contributed by atoms with Crippen molar-refractivity contribution in [2.45, 2.75) is 39.3 Å². The molecule has 0 bridgehead atoms. The zero-order chi connectivity index (χ0) is 16.6. The van der Waals surface area contributed by atoms with Crippen molar-refractivity contribution < 1.29 is 19.2 Å². The normalized spacial score (nSPS) is 10.9. The van der Waals surface area contributed by atoms with Gasteiger partial charge >= 0.3 is 6.09 Å². The van der Waals surface area contributed by atoms with Gasteiger partial charge in [0.1, 0.15) is 13.2 Å². The third-order valence-corrected chi connectivity index (χ3v) is 2.70. The van der Waals surface area contributed by atoms with Gasteiger partial charge in [-0.25, -0.2) is 4.79 Å². The lowest BCUT2D eigenvalue weighted by Crippen LogP contribution is -2.41. The number of hydrogen-bond acceptors (Lipinski definition) is 4. The summed E-state index contributed by atoms with van der Waals surface area (Å²) in [4.78, 5) is 28.2. The van der Waals surface area contributed by atoms with E-state index in [0.29, 0.717) is 4.58 Å². The largest absolute Gasteiger partial charge is 0.449 e. The Morgan fingerprint density at radius 2 is 1.86 bits per heavy atom. The van der Waals surface area contributed by atoms with Crippen LogP contribution in [0.15, 0.2) is 30.3 Å². The van der Waals surface area contributed by atoms with Crippen molar-refractivity contribution in [1.82, 2.24) is 9.90 Å². The van der Waals surface area contributed by atoms with Crippen molar-refractivity contribution in [2.75, 3.05) is 6.61 Å². The van der Waals surface area contributed by atoms with Gasteiger partial charge in [0, 0.05) is 17.3 Å². The van der Waals surface area contributed by atoms with Crippen molar-refractivity contribution >= 4 is 23.8 Å². The van der Waals surface area contributed by atoms with Gasteiger partial charge in [0.05, 0.1) is 6.42 Å². The van der Waals surface area contributed by atoms with Crippen molar-refractivity contribution in [2.24, 2.45) is 0 Å². The molecule has 0 aliphatic rings. The van der Waals surface area contributed by atoms with Crippen LogP contribution >= 0.6 is 11.8 Å². The molecule has 122 valence electrons. The molecule has 7 heteroatoms. The molecule has 6 nitrogen and oxygen atoms in total. The summed E-state index contributed by atoms with van der Waals surface area (Å²) < 4.78 is 5.53. The highest BCUT2D eigenvalue weighted by Gasteiger charge is 2.16. The van der Waals surface area contributed by atoms with Crippen LogP contribution in [0.25, 0.3) is 0 Å². The summed E-state index contributed by atoms with van der Waals surface area (Å²) in [5, 5.41) is 2.62. The predicted molar refractivity (Wildman–Crippen MR) is 82.8 cm³/mol. The second kappa shape index (κ2) is 8.60. The first kappa shape index (κ1) is 18.3. The van der Waals surface area contributed by atoms with E-state index in [2.05, 4.69) is 5.32 Å². The third-order valence-electron chi connectivity index (χ3n) is 2.41. The van der Waals surface area contributed by atoms with E-state index in [0.717, 1.165) is 5.56 Å². The van der Waals surface area contributed by atoms with Crippen molar-refractivity contribution in [1.29, 1.82) is 0 Å². The van der Waals surface area contributed by atoms with Crippen LogP contribution < -0.4 is 5.32 Å². The number of nitrogens with zero attached hydrogens (tertiary/aromatic N) is 1. The van der Waals surface area contributed by atoms with Crippen LogP contribution in [0.2, 0.25) is 0 Å². The Balaban J connectivity index is 2.23. The quantitative estimate of drug-likeness (QED) is 0.644. The SMILES string of the molecule is CC(C)(C)NC(=O)OCCC(=O)N(Cl)OCc1ccccc1. The fourth-order valence-corrected chi connectivity index (χ4v) is 1.57. The number of halogens is 1. The predicted octanol–water partition coefficient (Wildman–Crippen LogP) is 3.02. The molecular weight excluding hydrogens is 308 g/mol. The van der Waals surface area contributed by atoms with Gasteiger partial charge in [0.25, 0.3) is 5.91 Å². The number of carbonyl (C=O) groups excluding carboxylic acids is 2. The topological polar surface area (TPSA) is 67.9 Å². The molecule has 0 unspecified atom stereocenters. The minimum Gasteiger partial charge on any atom is -0.449 e. The Kier molecular flexibility index (Phi) is 7.14. The first-order valence-electron chi connectivity index (χ1n) is 6.88. The lowest BCUT2D eigenvalue weighted by molar-refractivity contribution is -0.162. The summed E-state index contributed by atoms with van der Waals surface area (Å²) in [6.07, 6.45) is -0.637. The molecule has 0 aromatic heterocycles. The number of alkyl carbamates (subject to hydrolysis) is 1. The molecule has 0 heterocycles. The number of amides is 2. The lowest BCUT2D eigenvalue weighted by Gasteiger charge is -2.20. The summed E-state index contributed by atoms with van der Waals surface area (Å²) in [5.74, 6) is -0.485. The van der Waals surface area contributed by atoms with E-state index in [1.165, 1.54) is 0 Å². The zero-order valence-corrected chi connectivity index (χ0v) is 13.7. The molecule has 22 heavy (non-hydrogen) atoms. The Bertz CT molecular complexity index is 488. The van der Waals surface area contributed by atoms with Crippen LogP contribution in [0.3, 0.4) is 0 Å². The minimum atomic E-state index is -0.577. The number of benzene rings is 1. The van der Waals surface area contributed by atoms with E-state index < -0.39 is 17.5 Å². The highest BCUT2D eigenvalue weighted by atomic mass is 35.5. The van der Waals surface area contributed by atoms with E-state index in [1.54, 1.807) is 0 Å². The minimum absolute atomic E-state index is 0.0597. The van der Waals surface area contributed by atoms with Gasteiger partial charge < -0.3 is 10.1 Å². The monoisotopic (exact) mass is 328 g/mol. The average Bonchev–Trinajstić information content (AvgIpc) is 2.43. The summed E-state index contributed by atoms with van der Waals surface area (Å²) in [5.41, 5.74) is 0.500. The Labute approximate surface area is 135 Å². The van der Waals surface area contributed by atoms with Gasteiger partial charge in [-0.05, 0) is 26.3 Å². The van der Waals surface area contributed by atoms with E-state index in [1.807, 2.05) is 51.1 Å². The maximum absolute atomic E-state index is 11.7. The standard InChI is InChI=1S/C15H21ClN2O4/c1-15(2,3)17-14(20)21-10-9-13(19)18(16)22-11-12-7-5-4-6-8-12/h4-8H,9-11H2,1-3H3,(H,17,20). The Hall–Kier alpha value is -1.79. The van der Waals surface area contributed by atoms with Gasteiger partial charge in [-0.1, -0.05) is 30.3 Å². The van der Waals surface area contributed by atoms with E-state index in [-0.39, 0.29) is 19.6 Å². The summed E-state index contributed by atoms with van der Waals surface area (Å²) in [6, 6.07) is 9.32. The van der Waals surface area contributed by atoms with Crippen LogP contribution in [0.1, 0.15) is 32.8 Å². The fourth-order valence-electron chi connectivity index (χ4n) is 1.44. The van der Waals surface area contributed by atoms with E-state index >= 15 is 0 Å². The molecule has 0 fully saturated rings. The molecule has 1 rings (SSSR count). The first-order chi connectivity index (χ1) is 10.3. The average molecular weight is 329 g/mol. The van der Waals surface area contributed by atoms with Gasteiger partial charge in [-0.2, -0.15) is 0 Å². The number of rotatable bonds is 6. The number of hydroxylamine groups is 1. The number of nitrogens with one attached hydrogen (secondary N) is 1. The number of ether oxygens (including phenoxy) is 1. The van der Waals surface area contributed by atoms with Gasteiger partial charge in [-0.15, -0.1) is 4.58 Å². The first-order valence-corrected chi connectivity index (χ1v) is 7.22. The maximum atomic E-state index is 11.7. The molecule has 0 atom stereocenters. The van der Waals surface area contributed by atoms with Crippen LogP contribution in [-0.4, -0.2) is 28.7 Å². The Morgan fingerprint density at radius 1 is 1.23 bits per heavy atom. The molecule has 0 radical (unpaired) electrons. The molecule has 0 saturated carbocycles. The molecule has 0 aliphatic carbocycles. The van der Waals surface area contributed by atoms with E-state index in [4.69, 9.17) is 21.4 Å². The zero-order valence-electron chi connectivity index (χ0n) is 13.0. The highest BCUT2D eigenvalue weighted by molar-refractivity contribution is 6.20. The van der Waals surface area contributed by atoms with Crippen LogP contribution in [0.4, 0.5) is 4.79 Å². The number of carbonyl (C=O) groups is 2. The van der Waals surface area contributed by atoms with Crippen molar-refractivity contribution in [3.8, 4) is 0 Å². The summed E-state index contributed by atoms with van der Waals surface area (Å²) in [7, 11) is 0. The lowest BCUT2D eigenvalue weighted by atomic mass is 10.1. The third kappa shape index (κ3) is 7.85.